The second kappa shape index (κ2) is 5.42. The van der Waals surface area contributed by atoms with Gasteiger partial charge in [-0.2, -0.15) is 0 Å². The zero-order chi connectivity index (χ0) is 13.1. The summed E-state index contributed by atoms with van der Waals surface area (Å²) < 4.78 is 0. The number of anilines is 1. The van der Waals surface area contributed by atoms with Crippen molar-refractivity contribution in [1.82, 2.24) is 5.43 Å². The highest BCUT2D eigenvalue weighted by molar-refractivity contribution is 7.99. The van der Waals surface area contributed by atoms with Crippen LogP contribution >= 0.6 is 11.8 Å². The number of nitrogens with one attached hydrogen (secondary N) is 1. The average Bonchev–Trinajstić information content (AvgIpc) is 2.26. The van der Waals surface area contributed by atoms with Crippen molar-refractivity contribution in [2.75, 3.05) is 11.5 Å². The summed E-state index contributed by atoms with van der Waals surface area (Å²) in [6.45, 7) is 5.70. The van der Waals surface area contributed by atoms with Gasteiger partial charge in [0.1, 0.15) is 0 Å². The summed E-state index contributed by atoms with van der Waals surface area (Å²) in [6, 6.07) is 5.92. The quantitative estimate of drug-likeness (QED) is 0.251. The van der Waals surface area contributed by atoms with Gasteiger partial charge in [0.15, 0.2) is 0 Å². The molecule has 1 aromatic carbocycles. The Morgan fingerprint density at radius 3 is 2.65 bits per heavy atom. The van der Waals surface area contributed by atoms with Gasteiger partial charge in [-0.3, -0.25) is 10.2 Å². The van der Waals surface area contributed by atoms with E-state index in [2.05, 4.69) is 5.43 Å². The topological polar surface area (TPSA) is 81.1 Å². The molecule has 0 fully saturated rings. The molecule has 5 N–H and O–H groups in total. The van der Waals surface area contributed by atoms with Crippen LogP contribution in [0.25, 0.3) is 0 Å². The van der Waals surface area contributed by atoms with E-state index < -0.39 is 5.41 Å². The third-order valence-electron chi connectivity index (χ3n) is 2.50. The largest absolute Gasteiger partial charge is 0.398 e. The van der Waals surface area contributed by atoms with Crippen molar-refractivity contribution in [3.63, 3.8) is 0 Å². The van der Waals surface area contributed by atoms with E-state index in [1.165, 1.54) is 0 Å². The molecule has 0 spiro atoms. The Labute approximate surface area is 106 Å². The third kappa shape index (κ3) is 3.64. The Kier molecular flexibility index (Phi) is 4.42. The molecule has 1 amide bonds. The Balaban J connectivity index is 2.70. The Hall–Kier alpha value is -1.20. The van der Waals surface area contributed by atoms with Gasteiger partial charge in [-0.05, 0) is 24.6 Å². The molecule has 0 aliphatic heterocycles. The van der Waals surface area contributed by atoms with E-state index in [1.54, 1.807) is 11.8 Å². The van der Waals surface area contributed by atoms with Crippen LogP contribution in [0.2, 0.25) is 0 Å². The zero-order valence-electron chi connectivity index (χ0n) is 10.4. The third-order valence-corrected chi connectivity index (χ3v) is 4.05. The molecule has 0 atom stereocenters. The summed E-state index contributed by atoms with van der Waals surface area (Å²) in [6.07, 6.45) is 0. The van der Waals surface area contributed by atoms with Crippen molar-refractivity contribution in [2.45, 2.75) is 25.7 Å². The summed E-state index contributed by atoms with van der Waals surface area (Å²) in [7, 11) is 0. The van der Waals surface area contributed by atoms with Crippen molar-refractivity contribution in [3.8, 4) is 0 Å². The van der Waals surface area contributed by atoms with Gasteiger partial charge in [0.05, 0.1) is 5.41 Å². The van der Waals surface area contributed by atoms with Gasteiger partial charge in [0.2, 0.25) is 5.91 Å². The van der Waals surface area contributed by atoms with E-state index >= 15 is 0 Å². The minimum Gasteiger partial charge on any atom is -0.398 e. The molecule has 1 aromatic rings. The normalized spacial score (nSPS) is 11.3. The number of nitrogen functional groups attached to an aromatic ring is 1. The number of carbonyl (C=O) groups excluding carboxylic acids is 1. The molecule has 0 unspecified atom stereocenters. The van der Waals surface area contributed by atoms with Gasteiger partial charge < -0.3 is 5.73 Å². The van der Waals surface area contributed by atoms with E-state index in [0.29, 0.717) is 5.75 Å². The number of rotatable bonds is 4. The predicted octanol–water partition coefficient (Wildman–Crippen LogP) is 1.69. The number of hydrogen-bond donors (Lipinski definition) is 3. The van der Waals surface area contributed by atoms with E-state index in [1.807, 2.05) is 39.0 Å². The molecule has 1 rings (SSSR count). The van der Waals surface area contributed by atoms with Crippen LogP contribution in [0.5, 0.6) is 0 Å². The SMILES string of the molecule is Cc1ccc(SCC(C)(C)C(=O)NN)c(N)c1. The molecule has 94 valence electrons. The standard InChI is InChI=1S/C12H19N3OS/c1-8-4-5-10(9(13)6-8)17-7-12(2,3)11(16)15-14/h4-6H,7,13-14H2,1-3H3,(H,15,16). The fourth-order valence-electron chi connectivity index (χ4n) is 1.32. The number of carbonyl (C=O) groups is 1. The molecule has 4 nitrogen and oxygen atoms in total. The number of aryl methyl sites for hydroxylation is 1. The highest BCUT2D eigenvalue weighted by Crippen LogP contribution is 2.31. The molecular formula is C12H19N3OS. The van der Waals surface area contributed by atoms with Gasteiger partial charge in [-0.15, -0.1) is 11.8 Å². The molecule has 0 aliphatic carbocycles. The molecule has 0 saturated heterocycles. The highest BCUT2D eigenvalue weighted by atomic mass is 32.2. The first kappa shape index (κ1) is 13.9. The number of nitrogens with two attached hydrogens (primary N) is 2. The average molecular weight is 253 g/mol. The van der Waals surface area contributed by atoms with Gasteiger partial charge >= 0.3 is 0 Å². The van der Waals surface area contributed by atoms with Crippen molar-refractivity contribution in [3.05, 3.63) is 23.8 Å². The van der Waals surface area contributed by atoms with E-state index in [9.17, 15) is 4.79 Å². The summed E-state index contributed by atoms with van der Waals surface area (Å²) in [5, 5.41) is 0. The van der Waals surface area contributed by atoms with Gasteiger partial charge in [0, 0.05) is 16.3 Å². The maximum absolute atomic E-state index is 11.5. The molecule has 0 radical (unpaired) electrons. The smallest absolute Gasteiger partial charge is 0.240 e. The number of thioether (sulfide) groups is 1. The number of hydrogen-bond acceptors (Lipinski definition) is 4. The van der Waals surface area contributed by atoms with Crippen LogP contribution in [0.3, 0.4) is 0 Å². The lowest BCUT2D eigenvalue weighted by molar-refractivity contribution is -0.128. The lowest BCUT2D eigenvalue weighted by atomic mass is 9.96. The van der Waals surface area contributed by atoms with Crippen molar-refractivity contribution in [2.24, 2.45) is 11.3 Å². The number of hydrazine groups is 1. The van der Waals surface area contributed by atoms with Crippen LogP contribution in [-0.4, -0.2) is 11.7 Å². The van der Waals surface area contributed by atoms with E-state index in [-0.39, 0.29) is 5.91 Å². The molecule has 17 heavy (non-hydrogen) atoms. The number of benzene rings is 1. The molecule has 0 aliphatic rings. The molecule has 0 bridgehead atoms. The molecule has 5 heteroatoms. The maximum Gasteiger partial charge on any atom is 0.240 e. The number of amides is 1. The van der Waals surface area contributed by atoms with Crippen molar-refractivity contribution < 1.29 is 4.79 Å². The fourth-order valence-corrected chi connectivity index (χ4v) is 2.36. The van der Waals surface area contributed by atoms with E-state index in [4.69, 9.17) is 11.6 Å². The zero-order valence-corrected chi connectivity index (χ0v) is 11.2. The molecule has 0 heterocycles. The van der Waals surface area contributed by atoms with Crippen LogP contribution in [0.1, 0.15) is 19.4 Å². The second-order valence-corrected chi connectivity index (χ2v) is 5.70. The summed E-state index contributed by atoms with van der Waals surface area (Å²) in [5.74, 6) is 5.60. The monoisotopic (exact) mass is 253 g/mol. The van der Waals surface area contributed by atoms with E-state index in [0.717, 1.165) is 16.1 Å². The van der Waals surface area contributed by atoms with Crippen molar-refractivity contribution >= 4 is 23.4 Å². The second-order valence-electron chi connectivity index (χ2n) is 4.69. The van der Waals surface area contributed by atoms with Crippen LogP contribution in [0.4, 0.5) is 5.69 Å². The lowest BCUT2D eigenvalue weighted by Gasteiger charge is -2.21. The molecule has 0 aromatic heterocycles. The first-order valence-corrected chi connectivity index (χ1v) is 6.35. The summed E-state index contributed by atoms with van der Waals surface area (Å²) in [5.41, 5.74) is 9.46. The lowest BCUT2D eigenvalue weighted by Crippen LogP contribution is -2.42. The maximum atomic E-state index is 11.5. The van der Waals surface area contributed by atoms with Crippen LogP contribution in [0, 0.1) is 12.3 Å². The first-order valence-electron chi connectivity index (χ1n) is 5.37. The predicted molar refractivity (Wildman–Crippen MR) is 72.4 cm³/mol. The summed E-state index contributed by atoms with van der Waals surface area (Å²) in [4.78, 5) is 12.5. The summed E-state index contributed by atoms with van der Waals surface area (Å²) >= 11 is 1.56. The Morgan fingerprint density at radius 2 is 2.12 bits per heavy atom. The Morgan fingerprint density at radius 1 is 1.47 bits per heavy atom. The van der Waals surface area contributed by atoms with Crippen molar-refractivity contribution in [1.29, 1.82) is 0 Å². The Bertz CT molecular complexity index is 418. The minimum atomic E-state index is -0.517. The molecule has 0 saturated carbocycles. The fraction of sp³-hybridized carbons (Fsp3) is 0.417. The van der Waals surface area contributed by atoms with Gasteiger partial charge in [-0.25, -0.2) is 5.84 Å². The first-order chi connectivity index (χ1) is 7.86. The highest BCUT2D eigenvalue weighted by Gasteiger charge is 2.27. The van der Waals surface area contributed by atoms with Gasteiger partial charge in [-0.1, -0.05) is 19.9 Å². The minimum absolute atomic E-state index is 0.171. The van der Waals surface area contributed by atoms with Crippen LogP contribution < -0.4 is 17.0 Å². The van der Waals surface area contributed by atoms with Crippen LogP contribution in [-0.2, 0) is 4.79 Å². The van der Waals surface area contributed by atoms with Gasteiger partial charge in [0.25, 0.3) is 0 Å². The molecular weight excluding hydrogens is 234 g/mol. The van der Waals surface area contributed by atoms with Crippen LogP contribution in [0.15, 0.2) is 23.1 Å².